The van der Waals surface area contributed by atoms with Crippen molar-refractivity contribution in [2.24, 2.45) is 5.41 Å². The molecular weight excluding hydrogens is 246 g/mol. The Morgan fingerprint density at radius 1 is 1.25 bits per heavy atom. The normalized spacial score (nSPS) is 28.1. The lowest BCUT2D eigenvalue weighted by molar-refractivity contribution is 0.0248. The van der Waals surface area contributed by atoms with Crippen LogP contribution in [0.2, 0.25) is 0 Å². The molecule has 0 aromatic carbocycles. The van der Waals surface area contributed by atoms with Gasteiger partial charge in [0.05, 0.1) is 0 Å². The molecule has 1 aliphatic rings. The van der Waals surface area contributed by atoms with Crippen LogP contribution >= 0.6 is 0 Å². The number of hydrogen-bond acceptors (Lipinski definition) is 3. The molecule has 0 radical (unpaired) electrons. The molecule has 3 nitrogen and oxygen atoms in total. The summed E-state index contributed by atoms with van der Waals surface area (Å²) in [5, 5.41) is 3.79. The molecule has 0 heterocycles. The number of likely N-dealkylation sites (N-methyl/N-ethyl adjacent to an activating group) is 3. The summed E-state index contributed by atoms with van der Waals surface area (Å²) in [6.45, 7) is 15.2. The lowest BCUT2D eigenvalue weighted by Crippen LogP contribution is -2.61. The van der Waals surface area contributed by atoms with Crippen molar-refractivity contribution in [2.45, 2.75) is 72.0 Å². The monoisotopic (exact) mass is 283 g/mol. The van der Waals surface area contributed by atoms with E-state index in [1.807, 2.05) is 0 Å². The summed E-state index contributed by atoms with van der Waals surface area (Å²) < 4.78 is 0. The van der Waals surface area contributed by atoms with Crippen LogP contribution in [0.4, 0.5) is 0 Å². The average molecular weight is 284 g/mol. The molecule has 1 saturated carbocycles. The van der Waals surface area contributed by atoms with Gasteiger partial charge >= 0.3 is 0 Å². The Morgan fingerprint density at radius 3 is 2.40 bits per heavy atom. The number of rotatable bonds is 7. The van der Waals surface area contributed by atoms with Gasteiger partial charge in [0.1, 0.15) is 0 Å². The zero-order chi connectivity index (χ0) is 15.3. The molecule has 0 aliphatic heterocycles. The molecule has 20 heavy (non-hydrogen) atoms. The van der Waals surface area contributed by atoms with Crippen molar-refractivity contribution >= 4 is 0 Å². The highest BCUT2D eigenvalue weighted by molar-refractivity contribution is 4.99. The standard InChI is InChI=1S/C17H37N3/c1-8-18-16-15(11-10-12-17(16,4)5)20(9-2)14(3)13-19(6)7/h14-16,18H,8-13H2,1-7H3. The second-order valence-corrected chi connectivity index (χ2v) is 7.43. The molecule has 0 aromatic heterocycles. The molecule has 120 valence electrons. The molecule has 1 N–H and O–H groups in total. The number of nitrogens with one attached hydrogen (secondary N) is 1. The fourth-order valence-corrected chi connectivity index (χ4v) is 4.11. The predicted octanol–water partition coefficient (Wildman–Crippen LogP) is 2.82. The van der Waals surface area contributed by atoms with Crippen LogP contribution < -0.4 is 5.32 Å². The summed E-state index contributed by atoms with van der Waals surface area (Å²) in [5.74, 6) is 0. The first kappa shape index (κ1) is 17.9. The summed E-state index contributed by atoms with van der Waals surface area (Å²) in [7, 11) is 4.36. The van der Waals surface area contributed by atoms with Gasteiger partial charge in [-0.05, 0) is 52.4 Å². The van der Waals surface area contributed by atoms with E-state index in [4.69, 9.17) is 0 Å². The van der Waals surface area contributed by atoms with E-state index in [0.29, 0.717) is 23.5 Å². The Morgan fingerprint density at radius 2 is 1.90 bits per heavy atom. The predicted molar refractivity (Wildman–Crippen MR) is 89.3 cm³/mol. The summed E-state index contributed by atoms with van der Waals surface area (Å²) >= 11 is 0. The van der Waals surface area contributed by atoms with Gasteiger partial charge in [-0.3, -0.25) is 4.90 Å². The zero-order valence-electron chi connectivity index (χ0n) is 14.9. The van der Waals surface area contributed by atoms with E-state index in [0.717, 1.165) is 19.6 Å². The van der Waals surface area contributed by atoms with Crippen LogP contribution in [0.5, 0.6) is 0 Å². The second kappa shape index (κ2) is 7.77. The van der Waals surface area contributed by atoms with Gasteiger partial charge in [0.25, 0.3) is 0 Å². The van der Waals surface area contributed by atoms with Crippen molar-refractivity contribution in [3.63, 3.8) is 0 Å². The summed E-state index contributed by atoms with van der Waals surface area (Å²) in [4.78, 5) is 5.04. The Bertz CT molecular complexity index is 275. The SMILES string of the molecule is CCNC1C(N(CC)C(C)CN(C)C)CCCC1(C)C. The molecule has 3 unspecified atom stereocenters. The van der Waals surface area contributed by atoms with Crippen molar-refractivity contribution < 1.29 is 0 Å². The minimum atomic E-state index is 0.407. The summed E-state index contributed by atoms with van der Waals surface area (Å²) in [6.07, 6.45) is 4.05. The quantitative estimate of drug-likeness (QED) is 0.775. The highest BCUT2D eigenvalue weighted by Crippen LogP contribution is 2.38. The number of nitrogens with zero attached hydrogens (tertiary/aromatic N) is 2. The lowest BCUT2D eigenvalue weighted by atomic mass is 9.70. The molecule has 3 heteroatoms. The van der Waals surface area contributed by atoms with Gasteiger partial charge in [0, 0.05) is 24.7 Å². The molecule has 0 bridgehead atoms. The highest BCUT2D eigenvalue weighted by Gasteiger charge is 2.41. The van der Waals surface area contributed by atoms with Crippen LogP contribution in [0.3, 0.4) is 0 Å². The topological polar surface area (TPSA) is 18.5 Å². The van der Waals surface area contributed by atoms with Crippen LogP contribution in [0.1, 0.15) is 53.9 Å². The molecule has 1 rings (SSSR count). The first-order chi connectivity index (χ1) is 9.33. The maximum atomic E-state index is 3.79. The van der Waals surface area contributed by atoms with Crippen LogP contribution in [0.25, 0.3) is 0 Å². The fraction of sp³-hybridized carbons (Fsp3) is 1.00. The largest absolute Gasteiger partial charge is 0.312 e. The van der Waals surface area contributed by atoms with Gasteiger partial charge in [0.15, 0.2) is 0 Å². The van der Waals surface area contributed by atoms with Crippen LogP contribution in [-0.2, 0) is 0 Å². The highest BCUT2D eigenvalue weighted by atomic mass is 15.2. The van der Waals surface area contributed by atoms with Crippen molar-refractivity contribution in [3.05, 3.63) is 0 Å². The third-order valence-electron chi connectivity index (χ3n) is 4.96. The first-order valence-electron chi connectivity index (χ1n) is 8.47. The van der Waals surface area contributed by atoms with Gasteiger partial charge in [-0.1, -0.05) is 34.1 Å². The third kappa shape index (κ3) is 4.44. The molecule has 0 amide bonds. The van der Waals surface area contributed by atoms with Gasteiger partial charge in [-0.2, -0.15) is 0 Å². The Labute approximate surface area is 127 Å². The maximum absolute atomic E-state index is 3.79. The van der Waals surface area contributed by atoms with Crippen molar-refractivity contribution in [1.82, 2.24) is 15.1 Å². The van der Waals surface area contributed by atoms with Crippen LogP contribution in [0, 0.1) is 5.41 Å². The molecule has 0 saturated heterocycles. The molecule has 1 aliphatic carbocycles. The van der Waals surface area contributed by atoms with E-state index >= 15 is 0 Å². The van der Waals surface area contributed by atoms with Gasteiger partial charge in [-0.15, -0.1) is 0 Å². The molecule has 0 aromatic rings. The van der Waals surface area contributed by atoms with E-state index in [1.54, 1.807) is 0 Å². The lowest BCUT2D eigenvalue weighted by Gasteiger charge is -2.50. The van der Waals surface area contributed by atoms with E-state index < -0.39 is 0 Å². The average Bonchev–Trinajstić information content (AvgIpc) is 2.33. The van der Waals surface area contributed by atoms with Crippen LogP contribution in [0.15, 0.2) is 0 Å². The third-order valence-corrected chi connectivity index (χ3v) is 4.96. The maximum Gasteiger partial charge on any atom is 0.0274 e. The molecular formula is C17H37N3. The van der Waals surface area contributed by atoms with E-state index in [9.17, 15) is 0 Å². The Balaban J connectivity index is 2.86. The second-order valence-electron chi connectivity index (χ2n) is 7.43. The fourth-order valence-electron chi connectivity index (χ4n) is 4.11. The minimum Gasteiger partial charge on any atom is -0.312 e. The van der Waals surface area contributed by atoms with Crippen molar-refractivity contribution in [1.29, 1.82) is 0 Å². The van der Waals surface area contributed by atoms with E-state index in [-0.39, 0.29) is 0 Å². The van der Waals surface area contributed by atoms with Crippen molar-refractivity contribution in [2.75, 3.05) is 33.7 Å². The molecule has 0 spiro atoms. The van der Waals surface area contributed by atoms with E-state index in [1.165, 1.54) is 19.3 Å². The molecule has 1 fully saturated rings. The van der Waals surface area contributed by atoms with E-state index in [2.05, 4.69) is 63.8 Å². The first-order valence-corrected chi connectivity index (χ1v) is 8.47. The molecule has 3 atom stereocenters. The smallest absolute Gasteiger partial charge is 0.0274 e. The van der Waals surface area contributed by atoms with Crippen molar-refractivity contribution in [3.8, 4) is 0 Å². The number of hydrogen-bond donors (Lipinski definition) is 1. The Hall–Kier alpha value is -0.120. The van der Waals surface area contributed by atoms with Crippen LogP contribution in [-0.4, -0.2) is 61.7 Å². The minimum absolute atomic E-state index is 0.407. The summed E-state index contributed by atoms with van der Waals surface area (Å²) in [5.41, 5.74) is 0.407. The van der Waals surface area contributed by atoms with Gasteiger partial charge < -0.3 is 10.2 Å². The van der Waals surface area contributed by atoms with Gasteiger partial charge in [0.2, 0.25) is 0 Å². The van der Waals surface area contributed by atoms with Gasteiger partial charge in [-0.25, -0.2) is 0 Å². The Kier molecular flexibility index (Phi) is 6.96. The summed E-state index contributed by atoms with van der Waals surface area (Å²) in [6, 6.07) is 1.92. The zero-order valence-corrected chi connectivity index (χ0v) is 14.9.